The van der Waals surface area contributed by atoms with Crippen LogP contribution in [-0.4, -0.2) is 49.7 Å². The van der Waals surface area contributed by atoms with Crippen LogP contribution >= 0.6 is 0 Å². The van der Waals surface area contributed by atoms with E-state index >= 15 is 0 Å². The second-order valence-corrected chi connectivity index (χ2v) is 7.60. The Labute approximate surface area is 156 Å². The van der Waals surface area contributed by atoms with E-state index in [-0.39, 0.29) is 17.9 Å². The summed E-state index contributed by atoms with van der Waals surface area (Å²) in [4.78, 5) is 17.0. The van der Waals surface area contributed by atoms with E-state index in [2.05, 4.69) is 12.1 Å². The Morgan fingerprint density at radius 1 is 1.15 bits per heavy atom. The van der Waals surface area contributed by atoms with Crippen LogP contribution in [0.15, 0.2) is 54.6 Å². The lowest BCUT2D eigenvalue weighted by Crippen LogP contribution is -2.49. The Balaban J connectivity index is 1.78. The van der Waals surface area contributed by atoms with Crippen LogP contribution in [-0.2, 0) is 6.42 Å². The van der Waals surface area contributed by atoms with Gasteiger partial charge in [-0.25, -0.2) is 0 Å². The number of carbonyl (C=O) groups excluding carboxylic acids is 1. The number of benzene rings is 2. The maximum Gasteiger partial charge on any atom is 0.253 e. The van der Waals surface area contributed by atoms with Crippen LogP contribution in [0, 0.1) is 5.41 Å². The first-order valence-electron chi connectivity index (χ1n) is 9.24. The molecule has 0 saturated carbocycles. The van der Waals surface area contributed by atoms with Gasteiger partial charge in [-0.3, -0.25) is 4.79 Å². The summed E-state index contributed by atoms with van der Waals surface area (Å²) in [6.07, 6.45) is 2.66. The topological polar surface area (TPSA) is 43.8 Å². The van der Waals surface area contributed by atoms with Crippen LogP contribution < -0.4 is 4.90 Å². The average molecular weight is 352 g/mol. The highest BCUT2D eigenvalue weighted by molar-refractivity contribution is 5.95. The van der Waals surface area contributed by atoms with Crippen LogP contribution in [0.1, 0.15) is 28.8 Å². The Kier molecular flexibility index (Phi) is 5.62. The molecule has 1 saturated heterocycles. The summed E-state index contributed by atoms with van der Waals surface area (Å²) < 4.78 is 0. The molecular weight excluding hydrogens is 324 g/mol. The maximum absolute atomic E-state index is 13.1. The first kappa shape index (κ1) is 18.5. The van der Waals surface area contributed by atoms with Gasteiger partial charge in [-0.1, -0.05) is 36.4 Å². The number of anilines is 1. The molecule has 2 aromatic rings. The van der Waals surface area contributed by atoms with Gasteiger partial charge in [0, 0.05) is 43.9 Å². The summed E-state index contributed by atoms with van der Waals surface area (Å²) in [6.45, 7) is 1.45. The van der Waals surface area contributed by atoms with Crippen molar-refractivity contribution in [3.63, 3.8) is 0 Å². The van der Waals surface area contributed by atoms with E-state index in [0.29, 0.717) is 12.1 Å². The van der Waals surface area contributed by atoms with Crippen LogP contribution in [0.5, 0.6) is 0 Å². The lowest BCUT2D eigenvalue weighted by Gasteiger charge is -2.42. The fraction of sp³-hybridized carbons (Fsp3) is 0.409. The molecule has 2 aromatic carbocycles. The summed E-state index contributed by atoms with van der Waals surface area (Å²) in [7, 11) is 3.95. The molecule has 1 N–H and O–H groups in total. The maximum atomic E-state index is 13.1. The van der Waals surface area contributed by atoms with Crippen LogP contribution in [0.4, 0.5) is 5.69 Å². The van der Waals surface area contributed by atoms with Crippen molar-refractivity contribution in [3.05, 3.63) is 65.7 Å². The molecule has 3 rings (SSSR count). The minimum Gasteiger partial charge on any atom is -0.396 e. The van der Waals surface area contributed by atoms with E-state index in [1.807, 2.05) is 66.4 Å². The molecule has 1 aliphatic rings. The molecule has 0 bridgehead atoms. The summed E-state index contributed by atoms with van der Waals surface area (Å²) in [5.74, 6) is 0.0549. The molecule has 0 unspecified atom stereocenters. The largest absolute Gasteiger partial charge is 0.396 e. The van der Waals surface area contributed by atoms with E-state index in [9.17, 15) is 9.90 Å². The highest BCUT2D eigenvalue weighted by Crippen LogP contribution is 2.34. The van der Waals surface area contributed by atoms with Crippen molar-refractivity contribution < 1.29 is 9.90 Å². The third-order valence-electron chi connectivity index (χ3n) is 5.32. The predicted octanol–water partition coefficient (Wildman–Crippen LogP) is 3.21. The molecule has 0 aromatic heterocycles. The quantitative estimate of drug-likeness (QED) is 0.899. The van der Waals surface area contributed by atoms with Crippen molar-refractivity contribution in [3.8, 4) is 0 Å². The van der Waals surface area contributed by atoms with Crippen molar-refractivity contribution in [1.82, 2.24) is 4.90 Å². The van der Waals surface area contributed by atoms with Gasteiger partial charge in [0.05, 0.1) is 6.61 Å². The number of hydrogen-bond donors (Lipinski definition) is 1. The molecule has 4 heteroatoms. The Morgan fingerprint density at radius 3 is 2.62 bits per heavy atom. The highest BCUT2D eigenvalue weighted by Gasteiger charge is 2.37. The van der Waals surface area contributed by atoms with Gasteiger partial charge in [0.15, 0.2) is 0 Å². The summed E-state index contributed by atoms with van der Waals surface area (Å²) in [5, 5.41) is 10.1. The summed E-state index contributed by atoms with van der Waals surface area (Å²) in [6, 6.07) is 18.0. The van der Waals surface area contributed by atoms with Gasteiger partial charge in [-0.15, -0.1) is 0 Å². The molecule has 4 nitrogen and oxygen atoms in total. The number of aliphatic hydroxyl groups excluding tert-OH is 1. The summed E-state index contributed by atoms with van der Waals surface area (Å²) >= 11 is 0. The van der Waals surface area contributed by atoms with Gasteiger partial charge < -0.3 is 14.9 Å². The second kappa shape index (κ2) is 7.92. The lowest BCUT2D eigenvalue weighted by atomic mass is 9.75. The predicted molar refractivity (Wildman–Crippen MR) is 106 cm³/mol. The van der Waals surface area contributed by atoms with Crippen molar-refractivity contribution in [1.29, 1.82) is 0 Å². The van der Waals surface area contributed by atoms with Crippen molar-refractivity contribution in [2.75, 3.05) is 38.7 Å². The SMILES string of the molecule is CN(C)c1cccc(C(=O)N2CCC[C@@](CO)(Cc3ccccc3)C2)c1. The van der Waals surface area contributed by atoms with Gasteiger partial charge in [0.25, 0.3) is 5.91 Å². The fourth-order valence-corrected chi connectivity index (χ4v) is 3.84. The first-order chi connectivity index (χ1) is 12.5. The number of aliphatic hydroxyl groups is 1. The number of piperidine rings is 1. The van der Waals surface area contributed by atoms with Crippen molar-refractivity contribution in [2.45, 2.75) is 19.3 Å². The average Bonchev–Trinajstić information content (AvgIpc) is 2.68. The molecule has 1 aliphatic heterocycles. The van der Waals surface area contributed by atoms with Crippen LogP contribution in [0.25, 0.3) is 0 Å². The third kappa shape index (κ3) is 4.07. The number of rotatable bonds is 5. The minimum atomic E-state index is -0.256. The molecule has 26 heavy (non-hydrogen) atoms. The smallest absolute Gasteiger partial charge is 0.253 e. The zero-order valence-electron chi connectivity index (χ0n) is 15.7. The minimum absolute atomic E-state index is 0.0549. The number of amides is 1. The zero-order valence-corrected chi connectivity index (χ0v) is 15.7. The van der Waals surface area contributed by atoms with Gasteiger partial charge >= 0.3 is 0 Å². The zero-order chi connectivity index (χ0) is 18.6. The van der Waals surface area contributed by atoms with E-state index < -0.39 is 0 Å². The fourth-order valence-electron chi connectivity index (χ4n) is 3.84. The first-order valence-corrected chi connectivity index (χ1v) is 9.24. The highest BCUT2D eigenvalue weighted by atomic mass is 16.3. The van der Waals surface area contributed by atoms with Gasteiger partial charge in [0.2, 0.25) is 0 Å². The molecule has 1 fully saturated rings. The van der Waals surface area contributed by atoms with E-state index in [0.717, 1.165) is 31.5 Å². The number of likely N-dealkylation sites (tertiary alicyclic amines) is 1. The van der Waals surface area contributed by atoms with Crippen molar-refractivity contribution in [2.24, 2.45) is 5.41 Å². The number of hydrogen-bond acceptors (Lipinski definition) is 3. The molecule has 0 aliphatic carbocycles. The second-order valence-electron chi connectivity index (χ2n) is 7.60. The normalized spacial score (nSPS) is 20.0. The summed E-state index contributed by atoms with van der Waals surface area (Å²) in [5.41, 5.74) is 2.69. The van der Waals surface area contributed by atoms with Crippen LogP contribution in [0.2, 0.25) is 0 Å². The molecule has 1 amide bonds. The van der Waals surface area contributed by atoms with E-state index in [1.165, 1.54) is 5.56 Å². The monoisotopic (exact) mass is 352 g/mol. The standard InChI is InChI=1S/C22H28N2O2/c1-23(2)20-11-6-10-19(14-20)21(26)24-13-7-12-22(16-24,17-25)15-18-8-4-3-5-9-18/h3-6,8-11,14,25H,7,12-13,15-17H2,1-2H3/t22-/m1/s1. The Bertz CT molecular complexity index is 745. The lowest BCUT2D eigenvalue weighted by molar-refractivity contribution is 0.0272. The Morgan fingerprint density at radius 2 is 1.92 bits per heavy atom. The molecular formula is C22H28N2O2. The van der Waals surface area contributed by atoms with Crippen LogP contribution in [0.3, 0.4) is 0 Å². The van der Waals surface area contributed by atoms with Gasteiger partial charge in [-0.2, -0.15) is 0 Å². The number of nitrogens with zero attached hydrogens (tertiary/aromatic N) is 2. The van der Waals surface area contributed by atoms with Gasteiger partial charge in [-0.05, 0) is 43.0 Å². The van der Waals surface area contributed by atoms with E-state index in [4.69, 9.17) is 0 Å². The Hall–Kier alpha value is -2.33. The molecule has 1 atom stereocenters. The third-order valence-corrected chi connectivity index (χ3v) is 5.32. The molecule has 0 radical (unpaired) electrons. The molecule has 0 spiro atoms. The van der Waals surface area contributed by atoms with Gasteiger partial charge in [0.1, 0.15) is 0 Å². The molecule has 1 heterocycles. The van der Waals surface area contributed by atoms with Crippen molar-refractivity contribution >= 4 is 11.6 Å². The van der Waals surface area contributed by atoms with E-state index in [1.54, 1.807) is 0 Å². The number of carbonyl (C=O) groups is 1. The molecule has 138 valence electrons.